The highest BCUT2D eigenvalue weighted by Crippen LogP contribution is 2.22. The SMILES string of the molecule is O=C(Cc1cccc(F)c1Cl)c1ccc2nccnc2c1. The molecule has 0 aliphatic heterocycles. The predicted molar refractivity (Wildman–Crippen MR) is 79.0 cm³/mol. The van der Waals surface area contributed by atoms with Crippen LogP contribution in [0.15, 0.2) is 48.8 Å². The summed E-state index contributed by atoms with van der Waals surface area (Å²) in [5, 5.41) is -0.00793. The standard InChI is InChI=1S/C16H10ClFN2O/c17-16-11(2-1-3-12(16)18)9-15(21)10-4-5-13-14(8-10)20-7-6-19-13/h1-8H,9H2. The molecule has 0 radical (unpaired) electrons. The molecule has 0 saturated carbocycles. The van der Waals surface area contributed by atoms with Crippen LogP contribution in [0.3, 0.4) is 0 Å². The van der Waals surface area contributed by atoms with Crippen LogP contribution in [-0.2, 0) is 6.42 Å². The number of carbonyl (C=O) groups is 1. The number of hydrogen-bond acceptors (Lipinski definition) is 3. The van der Waals surface area contributed by atoms with Gasteiger partial charge in [0.2, 0.25) is 0 Å². The number of rotatable bonds is 3. The summed E-state index contributed by atoms with van der Waals surface area (Å²) in [4.78, 5) is 20.6. The van der Waals surface area contributed by atoms with Gasteiger partial charge in [0.15, 0.2) is 5.78 Å². The second kappa shape index (κ2) is 5.58. The van der Waals surface area contributed by atoms with Crippen molar-refractivity contribution in [1.82, 2.24) is 9.97 Å². The zero-order valence-electron chi connectivity index (χ0n) is 10.9. The Kier molecular flexibility index (Phi) is 3.62. The molecular weight excluding hydrogens is 291 g/mol. The molecule has 0 saturated heterocycles. The minimum absolute atomic E-state index is 0.00793. The predicted octanol–water partition coefficient (Wildman–Crippen LogP) is 3.85. The Morgan fingerprint density at radius 2 is 1.86 bits per heavy atom. The number of carbonyl (C=O) groups excluding carboxylic acids is 1. The Labute approximate surface area is 125 Å². The minimum atomic E-state index is -0.522. The Morgan fingerprint density at radius 1 is 1.10 bits per heavy atom. The van der Waals surface area contributed by atoms with Crippen LogP contribution in [0, 0.1) is 5.82 Å². The van der Waals surface area contributed by atoms with Crippen molar-refractivity contribution in [1.29, 1.82) is 0 Å². The van der Waals surface area contributed by atoms with E-state index in [0.717, 1.165) is 5.52 Å². The first-order chi connectivity index (χ1) is 10.1. The van der Waals surface area contributed by atoms with Crippen molar-refractivity contribution in [2.75, 3.05) is 0 Å². The molecule has 21 heavy (non-hydrogen) atoms. The van der Waals surface area contributed by atoms with Gasteiger partial charge < -0.3 is 0 Å². The van der Waals surface area contributed by atoms with Crippen molar-refractivity contribution in [3.63, 3.8) is 0 Å². The van der Waals surface area contributed by atoms with E-state index >= 15 is 0 Å². The molecule has 3 rings (SSSR count). The number of fused-ring (bicyclic) bond motifs is 1. The molecule has 2 aromatic carbocycles. The van der Waals surface area contributed by atoms with Crippen LogP contribution >= 0.6 is 11.6 Å². The molecular formula is C16H10ClFN2O. The Balaban J connectivity index is 1.91. The van der Waals surface area contributed by atoms with E-state index in [1.54, 1.807) is 36.7 Å². The molecule has 3 nitrogen and oxygen atoms in total. The summed E-state index contributed by atoms with van der Waals surface area (Å²) in [6.45, 7) is 0. The van der Waals surface area contributed by atoms with Crippen LogP contribution in [0.2, 0.25) is 5.02 Å². The summed E-state index contributed by atoms with van der Waals surface area (Å²) < 4.78 is 13.4. The topological polar surface area (TPSA) is 42.9 Å². The average Bonchev–Trinajstić information content (AvgIpc) is 2.51. The zero-order chi connectivity index (χ0) is 14.8. The first kappa shape index (κ1) is 13.6. The number of hydrogen-bond donors (Lipinski definition) is 0. The van der Waals surface area contributed by atoms with Crippen molar-refractivity contribution in [3.05, 3.63) is 70.8 Å². The lowest BCUT2D eigenvalue weighted by Crippen LogP contribution is -2.05. The Bertz CT molecular complexity index is 835. The van der Waals surface area contributed by atoms with Gasteiger partial charge in [-0.2, -0.15) is 0 Å². The van der Waals surface area contributed by atoms with Gasteiger partial charge >= 0.3 is 0 Å². The summed E-state index contributed by atoms with van der Waals surface area (Å²) in [7, 11) is 0. The second-order valence-corrected chi connectivity index (χ2v) is 4.95. The lowest BCUT2D eigenvalue weighted by Gasteiger charge is -2.05. The molecule has 0 N–H and O–H groups in total. The first-order valence-corrected chi connectivity index (χ1v) is 6.70. The Morgan fingerprint density at radius 3 is 2.67 bits per heavy atom. The third kappa shape index (κ3) is 2.76. The summed E-state index contributed by atoms with van der Waals surface area (Å²) >= 11 is 5.87. The molecule has 0 aliphatic rings. The fourth-order valence-corrected chi connectivity index (χ4v) is 2.29. The number of nitrogens with zero attached hydrogens (tertiary/aromatic N) is 2. The van der Waals surface area contributed by atoms with Crippen LogP contribution in [-0.4, -0.2) is 15.8 Å². The highest BCUT2D eigenvalue weighted by Gasteiger charge is 2.12. The van der Waals surface area contributed by atoms with Crippen LogP contribution in [0.25, 0.3) is 11.0 Å². The minimum Gasteiger partial charge on any atom is -0.294 e. The van der Waals surface area contributed by atoms with Crippen molar-refractivity contribution in [2.24, 2.45) is 0 Å². The maximum absolute atomic E-state index is 13.4. The molecule has 0 aliphatic carbocycles. The van der Waals surface area contributed by atoms with Gasteiger partial charge in [-0.1, -0.05) is 23.7 Å². The largest absolute Gasteiger partial charge is 0.294 e. The number of Topliss-reactive ketones (excluding diaryl/α,β-unsaturated/α-hetero) is 1. The van der Waals surface area contributed by atoms with Crippen molar-refractivity contribution >= 4 is 28.4 Å². The number of benzene rings is 2. The number of ketones is 1. The van der Waals surface area contributed by atoms with E-state index in [-0.39, 0.29) is 17.2 Å². The molecule has 5 heteroatoms. The lowest BCUT2D eigenvalue weighted by atomic mass is 10.0. The van der Waals surface area contributed by atoms with E-state index in [2.05, 4.69) is 9.97 Å². The molecule has 104 valence electrons. The molecule has 0 atom stereocenters. The van der Waals surface area contributed by atoms with Gasteiger partial charge in [-0.05, 0) is 29.8 Å². The van der Waals surface area contributed by atoms with E-state index in [1.165, 1.54) is 12.1 Å². The van der Waals surface area contributed by atoms with Gasteiger partial charge in [-0.25, -0.2) is 4.39 Å². The maximum Gasteiger partial charge on any atom is 0.167 e. The molecule has 0 unspecified atom stereocenters. The molecule has 0 amide bonds. The number of aromatic nitrogens is 2. The van der Waals surface area contributed by atoms with E-state index in [4.69, 9.17) is 11.6 Å². The summed E-state index contributed by atoms with van der Waals surface area (Å²) in [6.07, 6.45) is 3.21. The second-order valence-electron chi connectivity index (χ2n) is 4.57. The monoisotopic (exact) mass is 300 g/mol. The first-order valence-electron chi connectivity index (χ1n) is 6.32. The molecule has 0 fully saturated rings. The lowest BCUT2D eigenvalue weighted by molar-refractivity contribution is 0.0993. The number of halogens is 2. The van der Waals surface area contributed by atoms with Gasteiger partial charge in [-0.3, -0.25) is 14.8 Å². The van der Waals surface area contributed by atoms with Crippen LogP contribution in [0.4, 0.5) is 4.39 Å². The summed E-state index contributed by atoms with van der Waals surface area (Å²) in [5.74, 6) is -0.665. The summed E-state index contributed by atoms with van der Waals surface area (Å²) in [6, 6.07) is 9.55. The molecule has 0 spiro atoms. The Hall–Kier alpha value is -2.33. The maximum atomic E-state index is 13.4. The fraction of sp³-hybridized carbons (Fsp3) is 0.0625. The molecule has 1 heterocycles. The third-order valence-corrected chi connectivity index (χ3v) is 3.60. The molecule has 0 bridgehead atoms. The van der Waals surface area contributed by atoms with Gasteiger partial charge in [0.25, 0.3) is 0 Å². The zero-order valence-corrected chi connectivity index (χ0v) is 11.6. The van der Waals surface area contributed by atoms with Crippen molar-refractivity contribution < 1.29 is 9.18 Å². The van der Waals surface area contributed by atoms with E-state index in [9.17, 15) is 9.18 Å². The van der Waals surface area contributed by atoms with Crippen LogP contribution < -0.4 is 0 Å². The van der Waals surface area contributed by atoms with Crippen molar-refractivity contribution in [2.45, 2.75) is 6.42 Å². The van der Waals surface area contributed by atoms with Gasteiger partial charge in [0.1, 0.15) is 5.82 Å². The van der Waals surface area contributed by atoms with Crippen LogP contribution in [0.1, 0.15) is 15.9 Å². The van der Waals surface area contributed by atoms with Crippen molar-refractivity contribution in [3.8, 4) is 0 Å². The molecule has 3 aromatic rings. The average molecular weight is 301 g/mol. The highest BCUT2D eigenvalue weighted by molar-refractivity contribution is 6.31. The smallest absolute Gasteiger partial charge is 0.167 e. The van der Waals surface area contributed by atoms with E-state index in [1.807, 2.05) is 0 Å². The molecule has 1 aromatic heterocycles. The quantitative estimate of drug-likeness (QED) is 0.690. The normalized spacial score (nSPS) is 10.8. The van der Waals surface area contributed by atoms with E-state index < -0.39 is 5.82 Å². The van der Waals surface area contributed by atoms with Gasteiger partial charge in [-0.15, -0.1) is 0 Å². The fourth-order valence-electron chi connectivity index (χ4n) is 2.10. The highest BCUT2D eigenvalue weighted by atomic mass is 35.5. The van der Waals surface area contributed by atoms with Crippen LogP contribution in [0.5, 0.6) is 0 Å². The van der Waals surface area contributed by atoms with Gasteiger partial charge in [0.05, 0.1) is 16.1 Å². The van der Waals surface area contributed by atoms with Gasteiger partial charge in [0, 0.05) is 24.4 Å². The van der Waals surface area contributed by atoms with E-state index in [0.29, 0.717) is 16.6 Å². The third-order valence-electron chi connectivity index (χ3n) is 3.17. The summed E-state index contributed by atoms with van der Waals surface area (Å²) in [5.41, 5.74) is 2.34.